The summed E-state index contributed by atoms with van der Waals surface area (Å²) in [4.78, 5) is 16.0. The molecule has 0 atom stereocenters. The molecule has 22 heavy (non-hydrogen) atoms. The molecule has 2 aromatic rings. The van der Waals surface area contributed by atoms with Crippen LogP contribution in [0.15, 0.2) is 24.7 Å². The second kappa shape index (κ2) is 5.65. The molecular weight excluding hydrogens is 276 g/mol. The average molecular weight is 296 g/mol. The van der Waals surface area contributed by atoms with E-state index in [9.17, 15) is 0 Å². The molecule has 5 heteroatoms. The third-order valence-electron chi connectivity index (χ3n) is 4.39. The Hall–Kier alpha value is -2.01. The van der Waals surface area contributed by atoms with E-state index in [-0.39, 0.29) is 0 Å². The monoisotopic (exact) mass is 296 g/mol. The van der Waals surface area contributed by atoms with Crippen molar-refractivity contribution >= 4 is 0 Å². The van der Waals surface area contributed by atoms with Crippen LogP contribution in [0.2, 0.25) is 0 Å². The van der Waals surface area contributed by atoms with Gasteiger partial charge in [0, 0.05) is 55.6 Å². The van der Waals surface area contributed by atoms with Crippen LogP contribution in [0.1, 0.15) is 41.4 Å². The quantitative estimate of drug-likeness (QED) is 0.866. The van der Waals surface area contributed by atoms with Crippen LogP contribution in [0, 0.1) is 0 Å². The summed E-state index contributed by atoms with van der Waals surface area (Å²) in [6.07, 6.45) is 9.20. The van der Waals surface area contributed by atoms with Crippen molar-refractivity contribution in [3.05, 3.63) is 47.3 Å². The first-order valence-corrected chi connectivity index (χ1v) is 7.87. The smallest absolute Gasteiger partial charge is 0.137 e. The minimum absolute atomic E-state index is 0.631. The number of nitrogens with zero attached hydrogens (tertiary/aromatic N) is 4. The van der Waals surface area contributed by atoms with Gasteiger partial charge in [-0.1, -0.05) is 0 Å². The predicted octanol–water partition coefficient (Wildman–Crippen LogP) is 2.32. The Bertz CT molecular complexity index is 684. The van der Waals surface area contributed by atoms with Crippen LogP contribution < -0.4 is 4.74 Å². The number of ether oxygens (including phenoxy) is 1. The summed E-state index contributed by atoms with van der Waals surface area (Å²) in [5, 5.41) is 0. The highest BCUT2D eigenvalue weighted by molar-refractivity contribution is 5.25. The van der Waals surface area contributed by atoms with E-state index in [0.717, 1.165) is 37.6 Å². The van der Waals surface area contributed by atoms with E-state index in [4.69, 9.17) is 9.72 Å². The third kappa shape index (κ3) is 2.81. The highest BCUT2D eigenvalue weighted by Crippen LogP contribution is 2.38. The fraction of sp³-hybridized carbons (Fsp3) is 0.471. The van der Waals surface area contributed by atoms with E-state index in [1.54, 1.807) is 13.3 Å². The standard InChI is InChI=1S/C17H20N4O/c1-22-15-6-12(7-18-9-15)10-21-5-4-16-14(11-21)8-19-17(20-16)13-2-3-13/h6-9,13H,2-5,10-11H2,1H3. The molecule has 0 spiro atoms. The Balaban J connectivity index is 1.47. The van der Waals surface area contributed by atoms with Crippen molar-refractivity contribution in [2.24, 2.45) is 0 Å². The molecule has 114 valence electrons. The topological polar surface area (TPSA) is 51.1 Å². The van der Waals surface area contributed by atoms with Gasteiger partial charge in [0.05, 0.1) is 13.3 Å². The molecule has 0 radical (unpaired) electrons. The molecule has 0 bridgehead atoms. The van der Waals surface area contributed by atoms with Gasteiger partial charge in [-0.05, 0) is 24.5 Å². The summed E-state index contributed by atoms with van der Waals surface area (Å²) in [6, 6.07) is 2.05. The van der Waals surface area contributed by atoms with Crippen LogP contribution in [-0.2, 0) is 19.5 Å². The molecule has 0 unspecified atom stereocenters. The summed E-state index contributed by atoms with van der Waals surface area (Å²) < 4.78 is 5.24. The maximum atomic E-state index is 5.24. The van der Waals surface area contributed by atoms with Crippen molar-refractivity contribution in [1.29, 1.82) is 0 Å². The highest BCUT2D eigenvalue weighted by Gasteiger charge is 2.28. The number of hydrogen-bond donors (Lipinski definition) is 0. The number of methoxy groups -OCH3 is 1. The van der Waals surface area contributed by atoms with E-state index < -0.39 is 0 Å². The zero-order valence-corrected chi connectivity index (χ0v) is 12.8. The first-order chi connectivity index (χ1) is 10.8. The van der Waals surface area contributed by atoms with Gasteiger partial charge in [0.25, 0.3) is 0 Å². The van der Waals surface area contributed by atoms with Crippen molar-refractivity contribution in [3.8, 4) is 5.75 Å². The van der Waals surface area contributed by atoms with Crippen LogP contribution >= 0.6 is 0 Å². The Morgan fingerprint density at radius 3 is 3.00 bits per heavy atom. The van der Waals surface area contributed by atoms with E-state index in [1.807, 2.05) is 12.4 Å². The van der Waals surface area contributed by atoms with Crippen LogP contribution in [0.25, 0.3) is 0 Å². The van der Waals surface area contributed by atoms with E-state index >= 15 is 0 Å². The Kier molecular flexibility index (Phi) is 3.50. The molecule has 1 aliphatic heterocycles. The second-order valence-electron chi connectivity index (χ2n) is 6.17. The van der Waals surface area contributed by atoms with E-state index in [1.165, 1.54) is 29.7 Å². The van der Waals surface area contributed by atoms with E-state index in [0.29, 0.717) is 5.92 Å². The van der Waals surface area contributed by atoms with Gasteiger partial charge < -0.3 is 4.74 Å². The molecular formula is C17H20N4O. The van der Waals surface area contributed by atoms with Crippen molar-refractivity contribution < 1.29 is 4.74 Å². The molecule has 1 saturated carbocycles. The Labute approximate surface area is 130 Å². The zero-order valence-electron chi connectivity index (χ0n) is 12.8. The number of aromatic nitrogens is 3. The minimum Gasteiger partial charge on any atom is -0.495 e. The van der Waals surface area contributed by atoms with Gasteiger partial charge in [-0.3, -0.25) is 9.88 Å². The molecule has 2 aliphatic rings. The van der Waals surface area contributed by atoms with Crippen molar-refractivity contribution in [3.63, 3.8) is 0 Å². The Morgan fingerprint density at radius 1 is 1.27 bits per heavy atom. The highest BCUT2D eigenvalue weighted by atomic mass is 16.5. The molecule has 5 nitrogen and oxygen atoms in total. The summed E-state index contributed by atoms with van der Waals surface area (Å²) >= 11 is 0. The summed E-state index contributed by atoms with van der Waals surface area (Å²) in [7, 11) is 1.67. The first-order valence-electron chi connectivity index (χ1n) is 7.87. The van der Waals surface area contributed by atoms with Crippen molar-refractivity contribution in [2.45, 2.75) is 38.3 Å². The van der Waals surface area contributed by atoms with Gasteiger partial charge in [-0.15, -0.1) is 0 Å². The first kappa shape index (κ1) is 13.6. The van der Waals surface area contributed by atoms with Crippen LogP contribution in [0.3, 0.4) is 0 Å². The molecule has 0 amide bonds. The maximum Gasteiger partial charge on any atom is 0.137 e. The van der Waals surface area contributed by atoms with Gasteiger partial charge in [-0.25, -0.2) is 9.97 Å². The minimum atomic E-state index is 0.631. The normalized spacial score (nSPS) is 18.0. The molecule has 1 aliphatic carbocycles. The average Bonchev–Trinajstić information content (AvgIpc) is 3.39. The van der Waals surface area contributed by atoms with Gasteiger partial charge in [0.15, 0.2) is 0 Å². The summed E-state index contributed by atoms with van der Waals surface area (Å²) in [5.74, 6) is 2.50. The lowest BCUT2D eigenvalue weighted by Gasteiger charge is -2.28. The fourth-order valence-electron chi connectivity index (χ4n) is 2.98. The van der Waals surface area contributed by atoms with Gasteiger partial charge >= 0.3 is 0 Å². The van der Waals surface area contributed by atoms with Crippen molar-refractivity contribution in [1.82, 2.24) is 19.9 Å². The molecule has 4 rings (SSSR count). The predicted molar refractivity (Wildman–Crippen MR) is 82.6 cm³/mol. The van der Waals surface area contributed by atoms with E-state index in [2.05, 4.69) is 20.9 Å². The Morgan fingerprint density at radius 2 is 2.18 bits per heavy atom. The largest absolute Gasteiger partial charge is 0.495 e. The molecule has 1 fully saturated rings. The van der Waals surface area contributed by atoms with Crippen LogP contribution in [0.4, 0.5) is 0 Å². The molecule has 0 N–H and O–H groups in total. The van der Waals surface area contributed by atoms with Crippen molar-refractivity contribution in [2.75, 3.05) is 13.7 Å². The zero-order chi connectivity index (χ0) is 14.9. The number of fused-ring (bicyclic) bond motifs is 1. The maximum absolute atomic E-state index is 5.24. The number of pyridine rings is 1. The third-order valence-corrected chi connectivity index (χ3v) is 4.39. The summed E-state index contributed by atoms with van der Waals surface area (Å²) in [6.45, 7) is 2.83. The lowest BCUT2D eigenvalue weighted by molar-refractivity contribution is 0.242. The fourth-order valence-corrected chi connectivity index (χ4v) is 2.98. The van der Waals surface area contributed by atoms with Gasteiger partial charge in [-0.2, -0.15) is 0 Å². The SMILES string of the molecule is COc1cncc(CN2CCc3nc(C4CC4)ncc3C2)c1. The molecule has 0 aromatic carbocycles. The van der Waals surface area contributed by atoms with Gasteiger partial charge in [0.2, 0.25) is 0 Å². The lowest BCUT2D eigenvalue weighted by atomic mass is 10.1. The second-order valence-corrected chi connectivity index (χ2v) is 6.17. The lowest BCUT2D eigenvalue weighted by Crippen LogP contribution is -2.31. The van der Waals surface area contributed by atoms with Gasteiger partial charge in [0.1, 0.15) is 11.6 Å². The molecule has 3 heterocycles. The molecule has 0 saturated heterocycles. The van der Waals surface area contributed by atoms with Crippen LogP contribution in [0.5, 0.6) is 5.75 Å². The summed E-state index contributed by atoms with van der Waals surface area (Å²) in [5.41, 5.74) is 3.70. The molecule has 2 aromatic heterocycles. The van der Waals surface area contributed by atoms with Crippen LogP contribution in [-0.4, -0.2) is 33.5 Å². The number of hydrogen-bond acceptors (Lipinski definition) is 5. The number of rotatable bonds is 4.